The van der Waals surface area contributed by atoms with Crippen molar-refractivity contribution in [1.29, 1.82) is 0 Å². The molecule has 0 aromatic heterocycles. The van der Waals surface area contributed by atoms with Gasteiger partial charge in [-0.25, -0.2) is 0 Å². The molecule has 0 spiro atoms. The lowest BCUT2D eigenvalue weighted by Crippen LogP contribution is -2.68. The molecule has 2 heteroatoms. The molecule has 1 N–H and O–H groups in total. The fourth-order valence-electron chi connectivity index (χ4n) is 4.30. The summed E-state index contributed by atoms with van der Waals surface area (Å²) in [6.45, 7) is 2.37. The monoisotopic (exact) mass is 181 g/mol. The van der Waals surface area contributed by atoms with Gasteiger partial charge in [-0.1, -0.05) is 0 Å². The molecule has 0 radical (unpaired) electrons. The van der Waals surface area contributed by atoms with Crippen LogP contribution in [0.4, 0.5) is 0 Å². The summed E-state index contributed by atoms with van der Waals surface area (Å²) < 4.78 is 5.78. The topological polar surface area (TPSA) is 21.3 Å². The summed E-state index contributed by atoms with van der Waals surface area (Å²) in [5.74, 6) is 0.929. The maximum Gasteiger partial charge on any atom is 0.0713 e. The highest BCUT2D eigenvalue weighted by Gasteiger charge is 2.55. The van der Waals surface area contributed by atoms with Gasteiger partial charge >= 0.3 is 0 Å². The molecule has 4 unspecified atom stereocenters. The zero-order chi connectivity index (χ0) is 9.10. The SMILES string of the molecule is COC12CC3CC(C1)NC(C)(C3)C2. The van der Waals surface area contributed by atoms with Crippen LogP contribution in [0.15, 0.2) is 0 Å². The fraction of sp³-hybridized carbons (Fsp3) is 1.00. The fourth-order valence-corrected chi connectivity index (χ4v) is 4.30. The van der Waals surface area contributed by atoms with Crippen LogP contribution >= 0.6 is 0 Å². The summed E-state index contributed by atoms with van der Waals surface area (Å²) in [6, 6.07) is 0.742. The van der Waals surface area contributed by atoms with E-state index in [4.69, 9.17) is 4.74 Å². The first kappa shape index (κ1) is 8.25. The van der Waals surface area contributed by atoms with Crippen molar-refractivity contribution in [2.24, 2.45) is 5.92 Å². The molecule has 0 aromatic rings. The van der Waals surface area contributed by atoms with E-state index in [-0.39, 0.29) is 5.60 Å². The number of hydrogen-bond donors (Lipinski definition) is 1. The van der Waals surface area contributed by atoms with E-state index in [1.165, 1.54) is 32.1 Å². The molecule has 4 aliphatic rings. The second kappa shape index (κ2) is 2.29. The van der Waals surface area contributed by atoms with Crippen molar-refractivity contribution >= 4 is 0 Å². The van der Waals surface area contributed by atoms with E-state index >= 15 is 0 Å². The van der Waals surface area contributed by atoms with Gasteiger partial charge in [-0.05, 0) is 44.9 Å². The maximum absolute atomic E-state index is 5.78. The Labute approximate surface area is 80.0 Å². The summed E-state index contributed by atoms with van der Waals surface area (Å²) in [7, 11) is 1.90. The van der Waals surface area contributed by atoms with Crippen LogP contribution in [-0.4, -0.2) is 24.3 Å². The second-order valence-electron chi connectivity index (χ2n) is 5.68. The third kappa shape index (κ3) is 1.08. The first-order valence-electron chi connectivity index (χ1n) is 5.46. The number of piperidine rings is 2. The van der Waals surface area contributed by atoms with E-state index in [0.29, 0.717) is 5.54 Å². The van der Waals surface area contributed by atoms with Gasteiger partial charge in [0.15, 0.2) is 0 Å². The van der Waals surface area contributed by atoms with E-state index in [9.17, 15) is 0 Å². The van der Waals surface area contributed by atoms with Crippen LogP contribution < -0.4 is 5.32 Å². The predicted molar refractivity (Wildman–Crippen MR) is 51.6 cm³/mol. The number of ether oxygens (including phenoxy) is 1. The van der Waals surface area contributed by atoms with Crippen molar-refractivity contribution < 1.29 is 4.74 Å². The molecule has 2 saturated carbocycles. The van der Waals surface area contributed by atoms with Crippen LogP contribution in [-0.2, 0) is 4.74 Å². The van der Waals surface area contributed by atoms with E-state index in [2.05, 4.69) is 12.2 Å². The van der Waals surface area contributed by atoms with E-state index < -0.39 is 0 Å². The van der Waals surface area contributed by atoms with Crippen molar-refractivity contribution in [3.8, 4) is 0 Å². The number of hydrogen-bond acceptors (Lipinski definition) is 2. The quantitative estimate of drug-likeness (QED) is 0.664. The zero-order valence-corrected chi connectivity index (χ0v) is 8.60. The van der Waals surface area contributed by atoms with Gasteiger partial charge in [-0.3, -0.25) is 0 Å². The Balaban J connectivity index is 1.95. The Kier molecular flexibility index (Phi) is 1.45. The summed E-state index contributed by atoms with van der Waals surface area (Å²) in [5.41, 5.74) is 0.631. The summed E-state index contributed by atoms with van der Waals surface area (Å²) >= 11 is 0. The normalized spacial score (nSPS) is 58.6. The Morgan fingerprint density at radius 2 is 2.15 bits per heavy atom. The molecule has 2 nitrogen and oxygen atoms in total. The number of methoxy groups -OCH3 is 1. The molecule has 4 fully saturated rings. The van der Waals surface area contributed by atoms with Crippen molar-refractivity contribution in [2.75, 3.05) is 7.11 Å². The van der Waals surface area contributed by atoms with Gasteiger partial charge in [0.05, 0.1) is 5.60 Å². The molecule has 4 rings (SSSR count). The maximum atomic E-state index is 5.78. The second-order valence-corrected chi connectivity index (χ2v) is 5.68. The molecule has 4 bridgehead atoms. The molecule has 2 saturated heterocycles. The molecule has 0 aromatic carbocycles. The summed E-state index contributed by atoms with van der Waals surface area (Å²) in [4.78, 5) is 0. The van der Waals surface area contributed by atoms with Gasteiger partial charge in [0.1, 0.15) is 0 Å². The largest absolute Gasteiger partial charge is 0.378 e. The van der Waals surface area contributed by atoms with E-state index in [0.717, 1.165) is 12.0 Å². The van der Waals surface area contributed by atoms with Crippen LogP contribution in [0.5, 0.6) is 0 Å². The third-order valence-electron chi connectivity index (χ3n) is 4.33. The highest BCUT2D eigenvalue weighted by molar-refractivity contribution is 5.12. The van der Waals surface area contributed by atoms with Crippen molar-refractivity contribution in [1.82, 2.24) is 5.32 Å². The molecule has 4 atom stereocenters. The van der Waals surface area contributed by atoms with Crippen LogP contribution in [0, 0.1) is 5.92 Å². The minimum absolute atomic E-state index is 0.242. The van der Waals surface area contributed by atoms with Gasteiger partial charge in [-0.15, -0.1) is 0 Å². The van der Waals surface area contributed by atoms with Gasteiger partial charge < -0.3 is 10.1 Å². The Hall–Kier alpha value is -0.0800. The smallest absolute Gasteiger partial charge is 0.0713 e. The van der Waals surface area contributed by atoms with Gasteiger partial charge in [0, 0.05) is 18.7 Å². The lowest BCUT2D eigenvalue weighted by Gasteiger charge is -2.61. The minimum Gasteiger partial charge on any atom is -0.378 e. The lowest BCUT2D eigenvalue weighted by atomic mass is 9.57. The standard InChI is InChI=1S/C11H19NO/c1-10-4-8-3-9(12-10)6-11(5-8,7-10)13-2/h8-9,12H,3-7H2,1-2H3. The highest BCUT2D eigenvalue weighted by Crippen LogP contribution is 2.52. The molecule has 2 aliphatic heterocycles. The van der Waals surface area contributed by atoms with Gasteiger partial charge in [0.2, 0.25) is 0 Å². The van der Waals surface area contributed by atoms with Gasteiger partial charge in [0.25, 0.3) is 0 Å². The van der Waals surface area contributed by atoms with Gasteiger partial charge in [-0.2, -0.15) is 0 Å². The number of nitrogens with one attached hydrogen (secondary N) is 1. The van der Waals surface area contributed by atoms with Crippen molar-refractivity contribution in [2.45, 2.75) is 56.2 Å². The zero-order valence-electron chi connectivity index (χ0n) is 8.60. The van der Waals surface area contributed by atoms with Crippen molar-refractivity contribution in [3.05, 3.63) is 0 Å². The summed E-state index contributed by atoms with van der Waals surface area (Å²) in [5, 5.41) is 3.77. The molecular formula is C11H19NO. The molecule has 13 heavy (non-hydrogen) atoms. The highest BCUT2D eigenvalue weighted by atomic mass is 16.5. The lowest BCUT2D eigenvalue weighted by molar-refractivity contribution is -0.147. The number of rotatable bonds is 1. The predicted octanol–water partition coefficient (Wildman–Crippen LogP) is 1.70. The molecule has 74 valence electrons. The third-order valence-corrected chi connectivity index (χ3v) is 4.33. The molecule has 2 aliphatic carbocycles. The van der Waals surface area contributed by atoms with Crippen LogP contribution in [0.25, 0.3) is 0 Å². The first-order valence-corrected chi connectivity index (χ1v) is 5.46. The van der Waals surface area contributed by atoms with Crippen molar-refractivity contribution in [3.63, 3.8) is 0 Å². The molecule has 0 amide bonds. The van der Waals surface area contributed by atoms with E-state index in [1.54, 1.807) is 0 Å². The molecule has 2 heterocycles. The minimum atomic E-state index is 0.242. The average Bonchev–Trinajstić information content (AvgIpc) is 1.99. The Morgan fingerprint density at radius 3 is 2.77 bits per heavy atom. The van der Waals surface area contributed by atoms with Crippen LogP contribution in [0.2, 0.25) is 0 Å². The first-order chi connectivity index (χ1) is 6.13. The average molecular weight is 181 g/mol. The molecular weight excluding hydrogens is 162 g/mol. The Morgan fingerprint density at radius 1 is 1.31 bits per heavy atom. The summed E-state index contributed by atoms with van der Waals surface area (Å²) in [6.07, 6.45) is 6.55. The van der Waals surface area contributed by atoms with Crippen LogP contribution in [0.3, 0.4) is 0 Å². The van der Waals surface area contributed by atoms with Crippen LogP contribution in [0.1, 0.15) is 39.0 Å². The van der Waals surface area contributed by atoms with E-state index in [1.807, 2.05) is 7.11 Å². The Bertz CT molecular complexity index is 224.